The fraction of sp³-hybridized carbons (Fsp3) is 0.0789. The molecule has 2 heterocycles. The monoisotopic (exact) mass is 611 g/mol. The van der Waals surface area contributed by atoms with Crippen LogP contribution in [-0.4, -0.2) is 13.0 Å². The van der Waals surface area contributed by atoms with Crippen molar-refractivity contribution in [3.63, 3.8) is 0 Å². The van der Waals surface area contributed by atoms with Crippen molar-refractivity contribution in [1.29, 1.82) is 0 Å². The van der Waals surface area contributed by atoms with E-state index in [0.29, 0.717) is 16.3 Å². The summed E-state index contributed by atoms with van der Waals surface area (Å²) in [6.07, 6.45) is 0. The zero-order valence-electron chi connectivity index (χ0n) is 24.7. The van der Waals surface area contributed by atoms with Crippen LogP contribution in [0, 0.1) is 6.92 Å². The van der Waals surface area contributed by atoms with Gasteiger partial charge in [0.25, 0.3) is 0 Å². The minimum Gasteiger partial charge on any atom is -0.388 e. The van der Waals surface area contributed by atoms with Crippen LogP contribution in [-0.2, 0) is 17.2 Å². The molecule has 0 saturated heterocycles. The second-order valence-corrected chi connectivity index (χ2v) is 12.6. The van der Waals surface area contributed by atoms with E-state index in [1.54, 1.807) is 30.3 Å². The SMILES string of the molecule is Cc1ccc(S(=O)(=O)Oc2oc(=O)c3ccccc3c2-c2c(C(c3ccccc3)c3ccccc3)n(C)c3ccccc23)cc1. The van der Waals surface area contributed by atoms with Crippen molar-refractivity contribution in [2.24, 2.45) is 7.05 Å². The Kier molecular flexibility index (Phi) is 7.10. The van der Waals surface area contributed by atoms with Gasteiger partial charge in [0.1, 0.15) is 4.90 Å². The highest BCUT2D eigenvalue weighted by atomic mass is 32.2. The summed E-state index contributed by atoms with van der Waals surface area (Å²) in [4.78, 5) is 13.3. The Morgan fingerprint density at radius 3 is 1.80 bits per heavy atom. The lowest BCUT2D eigenvalue weighted by Gasteiger charge is -2.23. The maximum atomic E-state index is 13.7. The maximum Gasteiger partial charge on any atom is 0.346 e. The minimum atomic E-state index is -4.37. The first-order valence-corrected chi connectivity index (χ1v) is 16.0. The molecular formula is C38H29NO5S. The number of rotatable bonds is 7. The molecule has 45 heavy (non-hydrogen) atoms. The Morgan fingerprint density at radius 1 is 0.644 bits per heavy atom. The van der Waals surface area contributed by atoms with E-state index >= 15 is 0 Å². The van der Waals surface area contributed by atoms with Crippen LogP contribution < -0.4 is 9.81 Å². The normalized spacial score (nSPS) is 11.8. The molecular weight excluding hydrogens is 582 g/mol. The molecule has 0 aliphatic rings. The van der Waals surface area contributed by atoms with Gasteiger partial charge in [0.2, 0.25) is 0 Å². The molecule has 7 rings (SSSR count). The Bertz CT molecular complexity index is 2300. The van der Waals surface area contributed by atoms with Crippen LogP contribution in [0.2, 0.25) is 0 Å². The molecule has 0 radical (unpaired) electrons. The zero-order valence-corrected chi connectivity index (χ0v) is 25.5. The maximum absolute atomic E-state index is 13.7. The number of aromatic nitrogens is 1. The van der Waals surface area contributed by atoms with Crippen molar-refractivity contribution in [2.45, 2.75) is 17.7 Å². The molecule has 0 bridgehead atoms. The molecule has 0 N–H and O–H groups in total. The Morgan fingerprint density at radius 2 is 1.18 bits per heavy atom. The Labute approximate surface area is 260 Å². The molecule has 6 nitrogen and oxygen atoms in total. The van der Waals surface area contributed by atoms with Gasteiger partial charge in [-0.15, -0.1) is 0 Å². The molecule has 0 atom stereocenters. The van der Waals surface area contributed by atoms with Crippen molar-refractivity contribution in [3.05, 3.63) is 166 Å². The van der Waals surface area contributed by atoms with Gasteiger partial charge in [0, 0.05) is 40.5 Å². The van der Waals surface area contributed by atoms with Crippen LogP contribution in [0.3, 0.4) is 0 Å². The number of para-hydroxylation sites is 1. The molecule has 0 aliphatic carbocycles. The molecule has 0 spiro atoms. The topological polar surface area (TPSA) is 78.5 Å². The van der Waals surface area contributed by atoms with Gasteiger partial charge in [-0.1, -0.05) is 115 Å². The van der Waals surface area contributed by atoms with Crippen LogP contribution in [0.15, 0.2) is 148 Å². The molecule has 7 aromatic rings. The zero-order chi connectivity index (χ0) is 31.1. The average molecular weight is 612 g/mol. The number of benzene rings is 5. The third kappa shape index (κ3) is 5.01. The van der Waals surface area contributed by atoms with E-state index in [1.807, 2.05) is 80.7 Å². The summed E-state index contributed by atoms with van der Waals surface area (Å²) >= 11 is 0. The lowest BCUT2D eigenvalue weighted by Crippen LogP contribution is -2.14. The van der Waals surface area contributed by atoms with E-state index in [1.165, 1.54) is 12.1 Å². The van der Waals surface area contributed by atoms with Crippen molar-refractivity contribution < 1.29 is 17.0 Å². The first-order chi connectivity index (χ1) is 21.8. The summed E-state index contributed by atoms with van der Waals surface area (Å²) in [5.41, 5.74) is 5.25. The molecule has 7 heteroatoms. The molecule has 0 aliphatic heterocycles. The van der Waals surface area contributed by atoms with E-state index in [2.05, 4.69) is 28.8 Å². The van der Waals surface area contributed by atoms with E-state index in [0.717, 1.165) is 38.9 Å². The van der Waals surface area contributed by atoms with Gasteiger partial charge in [0.05, 0.1) is 10.9 Å². The van der Waals surface area contributed by atoms with E-state index < -0.39 is 15.7 Å². The molecule has 2 aromatic heterocycles. The second-order valence-electron chi connectivity index (χ2n) is 11.0. The molecule has 222 valence electrons. The highest BCUT2D eigenvalue weighted by Crippen LogP contribution is 2.48. The van der Waals surface area contributed by atoms with Gasteiger partial charge < -0.3 is 13.2 Å². The summed E-state index contributed by atoms with van der Waals surface area (Å²) in [6, 6.07) is 41.7. The number of hydrogen-bond acceptors (Lipinski definition) is 5. The summed E-state index contributed by atoms with van der Waals surface area (Å²) in [5.74, 6) is -0.635. The summed E-state index contributed by atoms with van der Waals surface area (Å²) in [6.45, 7) is 1.87. The Hall–Kier alpha value is -5.40. The first-order valence-electron chi connectivity index (χ1n) is 14.6. The largest absolute Gasteiger partial charge is 0.388 e. The number of aryl methyl sites for hydroxylation is 2. The number of nitrogens with zero attached hydrogens (tertiary/aromatic N) is 1. The number of hydrogen-bond donors (Lipinski definition) is 0. The van der Waals surface area contributed by atoms with E-state index in [9.17, 15) is 13.2 Å². The second kappa shape index (κ2) is 11.3. The first kappa shape index (κ1) is 28.4. The van der Waals surface area contributed by atoms with Crippen LogP contribution in [0.4, 0.5) is 0 Å². The van der Waals surface area contributed by atoms with Crippen molar-refractivity contribution >= 4 is 31.8 Å². The summed E-state index contributed by atoms with van der Waals surface area (Å²) < 4.78 is 41.1. The fourth-order valence-electron chi connectivity index (χ4n) is 6.14. The predicted octanol–water partition coefficient (Wildman–Crippen LogP) is 8.21. The van der Waals surface area contributed by atoms with Crippen LogP contribution in [0.1, 0.15) is 28.3 Å². The van der Waals surface area contributed by atoms with Crippen molar-refractivity contribution in [3.8, 4) is 17.1 Å². The third-order valence-electron chi connectivity index (χ3n) is 8.24. The highest BCUT2D eigenvalue weighted by molar-refractivity contribution is 7.87. The van der Waals surface area contributed by atoms with Crippen molar-refractivity contribution in [1.82, 2.24) is 4.57 Å². The molecule has 0 fully saturated rings. The van der Waals surface area contributed by atoms with Crippen molar-refractivity contribution in [2.75, 3.05) is 0 Å². The van der Waals surface area contributed by atoms with Gasteiger partial charge in [-0.05, 0) is 42.3 Å². The standard InChI is InChI=1S/C38H29NO5S/c1-25-21-23-28(24-22-25)45(41,42)44-38-35(29-17-9-10-18-30(29)37(40)43-38)34-31-19-11-12-20-32(31)39(2)36(34)33(26-13-5-3-6-14-26)27-15-7-4-8-16-27/h3-24,33H,1-2H3. The predicted molar refractivity (Wildman–Crippen MR) is 177 cm³/mol. The van der Waals surface area contributed by atoms with Gasteiger partial charge >= 0.3 is 21.7 Å². The summed E-state index contributed by atoms with van der Waals surface area (Å²) in [5, 5.41) is 1.71. The van der Waals surface area contributed by atoms with Crippen LogP contribution in [0.5, 0.6) is 5.95 Å². The highest BCUT2D eigenvalue weighted by Gasteiger charge is 2.32. The van der Waals surface area contributed by atoms with Gasteiger partial charge in [-0.2, -0.15) is 8.42 Å². The molecule has 0 amide bonds. The lowest BCUT2D eigenvalue weighted by molar-refractivity contribution is 0.364. The van der Waals surface area contributed by atoms with Gasteiger partial charge in [0.15, 0.2) is 0 Å². The lowest BCUT2D eigenvalue weighted by atomic mass is 9.84. The molecule has 5 aromatic carbocycles. The molecule has 0 saturated carbocycles. The van der Waals surface area contributed by atoms with E-state index in [-0.39, 0.29) is 16.8 Å². The van der Waals surface area contributed by atoms with Crippen LogP contribution in [0.25, 0.3) is 32.8 Å². The fourth-order valence-corrected chi connectivity index (χ4v) is 7.02. The van der Waals surface area contributed by atoms with E-state index in [4.69, 9.17) is 8.60 Å². The van der Waals surface area contributed by atoms with Crippen LogP contribution >= 0.6 is 0 Å². The van der Waals surface area contributed by atoms with Gasteiger partial charge in [-0.25, -0.2) is 4.79 Å². The Balaban J connectivity index is 1.60. The van der Waals surface area contributed by atoms with Gasteiger partial charge in [-0.3, -0.25) is 0 Å². The smallest absolute Gasteiger partial charge is 0.346 e. The third-order valence-corrected chi connectivity index (χ3v) is 9.46. The molecule has 0 unspecified atom stereocenters. The summed E-state index contributed by atoms with van der Waals surface area (Å²) in [7, 11) is -2.36. The number of fused-ring (bicyclic) bond motifs is 2. The average Bonchev–Trinajstić information content (AvgIpc) is 3.34. The minimum absolute atomic E-state index is 0.0422. The quantitative estimate of drug-likeness (QED) is 0.170.